The predicted octanol–water partition coefficient (Wildman–Crippen LogP) is 4.38. The fraction of sp³-hybridized carbons (Fsp3) is 0.840. The quantitative estimate of drug-likeness (QED) is 0.224. The number of carbonyl (C=O) groups is 4. The predicted molar refractivity (Wildman–Crippen MR) is 132 cm³/mol. The van der Waals surface area contributed by atoms with Crippen LogP contribution in [0.25, 0.3) is 0 Å². The zero-order chi connectivity index (χ0) is 26.7. The molecule has 0 saturated heterocycles. The first kappa shape index (κ1) is 73.8. The Kier molecular flexibility index (Phi) is 112. The van der Waals surface area contributed by atoms with E-state index >= 15 is 0 Å². The first-order valence-electron chi connectivity index (χ1n) is 11.4. The second-order valence-corrected chi connectivity index (χ2v) is 7.70. The third-order valence-electron chi connectivity index (χ3n) is 4.14. The summed E-state index contributed by atoms with van der Waals surface area (Å²) in [5.41, 5.74) is 0. The molecule has 233 valence electrons. The van der Waals surface area contributed by atoms with Gasteiger partial charge in [0.05, 0.1) is 18.8 Å². The van der Waals surface area contributed by atoms with Crippen molar-refractivity contribution >= 4 is 23.1 Å². The van der Waals surface area contributed by atoms with E-state index in [-0.39, 0.29) is 165 Å². The van der Waals surface area contributed by atoms with E-state index in [2.05, 4.69) is 4.74 Å². The summed E-state index contributed by atoms with van der Waals surface area (Å²) in [6.07, 6.45) is 5.32. The van der Waals surface area contributed by atoms with Crippen molar-refractivity contribution in [2.45, 2.75) is 98.7 Å². The molecule has 0 aliphatic carbocycles. The van der Waals surface area contributed by atoms with Gasteiger partial charge < -0.3 is 28.5 Å². The summed E-state index contributed by atoms with van der Waals surface area (Å²) in [5, 5.41) is 0. The van der Waals surface area contributed by atoms with Crippen LogP contribution in [0.2, 0.25) is 0 Å². The fourth-order valence-corrected chi connectivity index (χ4v) is 1.95. The van der Waals surface area contributed by atoms with Crippen LogP contribution < -0.4 is 0 Å². The van der Waals surface area contributed by atoms with Crippen molar-refractivity contribution in [3.8, 4) is 0 Å². The van der Waals surface area contributed by atoms with Gasteiger partial charge in [-0.25, -0.2) is 0 Å². The van der Waals surface area contributed by atoms with Gasteiger partial charge in [0.1, 0.15) is 23.1 Å². The van der Waals surface area contributed by atoms with E-state index in [4.69, 9.17) is 14.2 Å². The Hall–Kier alpha value is 2.61. The summed E-state index contributed by atoms with van der Waals surface area (Å²) >= 11 is 0. The van der Waals surface area contributed by atoms with Crippen molar-refractivity contribution in [2.75, 3.05) is 41.7 Å². The first-order chi connectivity index (χ1) is 15.4. The number of ketones is 4. The van der Waals surface area contributed by atoms with Crippen LogP contribution in [0.15, 0.2) is 0 Å². The van der Waals surface area contributed by atoms with Gasteiger partial charge in [-0.1, -0.05) is 6.92 Å². The SMILES string of the molecule is CCC(CC(C)=O)OC.COC(C)CCC(C)=O.COCCC(C)=O.COCCCC(C)=O.[V].[V].[V].[V].[V].[V].[V]. The van der Waals surface area contributed by atoms with E-state index in [0.29, 0.717) is 38.9 Å². The number of methoxy groups -OCH3 is 4. The van der Waals surface area contributed by atoms with Gasteiger partial charge in [-0.3, -0.25) is 9.59 Å². The molecule has 0 N–H and O–H groups in total. The number of rotatable bonds is 15. The van der Waals surface area contributed by atoms with Crippen LogP contribution in [0.5, 0.6) is 0 Å². The van der Waals surface area contributed by atoms with E-state index in [9.17, 15) is 19.2 Å². The average Bonchev–Trinajstić information content (AvgIpc) is 2.75. The molecular formula is C25H50O8V7. The average molecular weight is 835 g/mol. The number of hydrogen-bond donors (Lipinski definition) is 0. The first-order valence-corrected chi connectivity index (χ1v) is 11.4. The van der Waals surface area contributed by atoms with Gasteiger partial charge in [0, 0.05) is 191 Å². The number of hydrogen-bond acceptors (Lipinski definition) is 8. The molecule has 0 fully saturated rings. The molecule has 0 heterocycles. The molecule has 2 atom stereocenters. The zero-order valence-electron chi connectivity index (χ0n) is 25.9. The van der Waals surface area contributed by atoms with Crippen molar-refractivity contribution in [1.82, 2.24) is 0 Å². The van der Waals surface area contributed by atoms with Crippen LogP contribution >= 0.6 is 0 Å². The van der Waals surface area contributed by atoms with Gasteiger partial charge in [-0.05, 0) is 53.9 Å². The Labute approximate surface area is 328 Å². The van der Waals surface area contributed by atoms with Crippen LogP contribution in [0, 0.1) is 0 Å². The van der Waals surface area contributed by atoms with Crippen molar-refractivity contribution < 1.29 is 168 Å². The van der Waals surface area contributed by atoms with Crippen LogP contribution in [-0.2, 0) is 168 Å². The Balaban J connectivity index is -0.0000000295. The summed E-state index contributed by atoms with van der Waals surface area (Å²) < 4.78 is 19.3. The molecule has 0 rings (SSSR count). The Morgan fingerprint density at radius 1 is 0.575 bits per heavy atom. The second kappa shape index (κ2) is 60.7. The summed E-state index contributed by atoms with van der Waals surface area (Å²) in [6.45, 7) is 11.5. The number of Topliss-reactive ketones (excluding diaryl/α,β-unsaturated/α-hetero) is 4. The molecule has 0 spiro atoms. The molecular weight excluding hydrogens is 785 g/mol. The van der Waals surface area contributed by atoms with E-state index < -0.39 is 0 Å². The molecule has 0 aromatic carbocycles. The molecule has 0 aromatic heterocycles. The van der Waals surface area contributed by atoms with E-state index in [1.54, 1.807) is 56.1 Å². The molecule has 8 nitrogen and oxygen atoms in total. The molecule has 0 aliphatic heterocycles. The number of carbonyl (C=O) groups excluding carboxylic acids is 4. The molecule has 0 bridgehead atoms. The largest absolute Gasteiger partial charge is 0.385 e. The van der Waals surface area contributed by atoms with Gasteiger partial charge in [0.2, 0.25) is 0 Å². The smallest absolute Gasteiger partial charge is 0.132 e. The standard InChI is InChI=1S/2C7H14O2.C6H12O2.C5H10O2.7V/c1-6(8)4-5-7(2)9-3;1-4-7(9-3)5-6(2)8;1-6(7)4-3-5-8-2;1-5(6)3-4-7-2;;;;;;;/h2*7H,4-5H2,1-3H3;3-5H2,1-2H3;3-4H2,1-2H3;;;;;;;. The Morgan fingerprint density at radius 2 is 0.975 bits per heavy atom. The summed E-state index contributed by atoms with van der Waals surface area (Å²) in [5.74, 6) is 0.853. The molecule has 0 aromatic rings. The van der Waals surface area contributed by atoms with Crippen LogP contribution in [-0.4, -0.2) is 77.0 Å². The molecule has 40 heavy (non-hydrogen) atoms. The minimum Gasteiger partial charge on any atom is -0.385 e. The topological polar surface area (TPSA) is 105 Å². The van der Waals surface area contributed by atoms with Crippen LogP contribution in [0.4, 0.5) is 0 Å². The number of ether oxygens (including phenoxy) is 4. The van der Waals surface area contributed by atoms with E-state index in [1.165, 1.54) is 0 Å². The molecule has 0 amide bonds. The molecule has 15 heteroatoms. The van der Waals surface area contributed by atoms with Crippen LogP contribution in [0.1, 0.15) is 86.5 Å². The van der Waals surface area contributed by atoms with Gasteiger partial charge >= 0.3 is 0 Å². The minimum absolute atomic E-state index is 0. The maximum absolute atomic E-state index is 10.5. The van der Waals surface area contributed by atoms with Crippen molar-refractivity contribution in [3.63, 3.8) is 0 Å². The van der Waals surface area contributed by atoms with Gasteiger partial charge in [0.25, 0.3) is 0 Å². The monoisotopic (exact) mass is 835 g/mol. The maximum Gasteiger partial charge on any atom is 0.132 e. The van der Waals surface area contributed by atoms with Crippen molar-refractivity contribution in [2.24, 2.45) is 0 Å². The van der Waals surface area contributed by atoms with Gasteiger partial charge in [-0.15, -0.1) is 0 Å². The van der Waals surface area contributed by atoms with Crippen LogP contribution in [0.3, 0.4) is 0 Å². The summed E-state index contributed by atoms with van der Waals surface area (Å²) in [6, 6.07) is 0. The Bertz CT molecular complexity index is 500. The second-order valence-electron chi connectivity index (χ2n) is 7.70. The normalized spacial score (nSPS) is 9.35. The zero-order valence-corrected chi connectivity index (χ0v) is 35.7. The Morgan fingerprint density at radius 3 is 1.18 bits per heavy atom. The third kappa shape index (κ3) is 90.0. The minimum atomic E-state index is 0. The van der Waals surface area contributed by atoms with E-state index in [1.807, 2.05) is 13.8 Å². The summed E-state index contributed by atoms with van der Waals surface area (Å²) in [4.78, 5) is 41.3. The molecule has 7 radical (unpaired) electrons. The van der Waals surface area contributed by atoms with Crippen molar-refractivity contribution in [3.05, 3.63) is 0 Å². The maximum atomic E-state index is 10.5. The third-order valence-corrected chi connectivity index (χ3v) is 4.14. The molecule has 0 saturated carbocycles. The fourth-order valence-electron chi connectivity index (χ4n) is 1.95. The van der Waals surface area contributed by atoms with Gasteiger partial charge in [-0.2, -0.15) is 0 Å². The molecule has 2 unspecified atom stereocenters. The van der Waals surface area contributed by atoms with E-state index in [0.717, 1.165) is 19.3 Å². The molecule has 0 aliphatic rings. The van der Waals surface area contributed by atoms with Crippen molar-refractivity contribution in [1.29, 1.82) is 0 Å². The summed E-state index contributed by atoms with van der Waals surface area (Å²) in [7, 11) is 6.52. The van der Waals surface area contributed by atoms with Gasteiger partial charge in [0.15, 0.2) is 0 Å².